The number of rotatable bonds is 0. The van der Waals surface area contributed by atoms with Gasteiger partial charge in [0.2, 0.25) is 0 Å². The van der Waals surface area contributed by atoms with E-state index in [9.17, 15) is 0 Å². The zero-order valence-corrected chi connectivity index (χ0v) is 8.23. The van der Waals surface area contributed by atoms with Gasteiger partial charge < -0.3 is 0 Å². The Labute approximate surface area is 76.1 Å². The van der Waals surface area contributed by atoms with Crippen molar-refractivity contribution in [3.05, 3.63) is 11.1 Å². The lowest BCUT2D eigenvalue weighted by atomic mass is 9.88. The van der Waals surface area contributed by atoms with E-state index < -0.39 is 0 Å². The van der Waals surface area contributed by atoms with E-state index in [2.05, 4.69) is 6.92 Å². The summed E-state index contributed by atoms with van der Waals surface area (Å²) in [5.74, 6) is 0.929. The maximum atomic E-state index is 2.42. The molecule has 2 aliphatic carbocycles. The lowest BCUT2D eigenvalue weighted by molar-refractivity contribution is 0.579. The third kappa shape index (κ3) is 1.57. The monoisotopic (exact) mass is 164 g/mol. The van der Waals surface area contributed by atoms with Gasteiger partial charge in [0.25, 0.3) is 0 Å². The van der Waals surface area contributed by atoms with E-state index in [0.717, 1.165) is 5.92 Å². The van der Waals surface area contributed by atoms with Crippen LogP contribution in [0.4, 0.5) is 0 Å². The third-order valence-corrected chi connectivity index (χ3v) is 3.59. The van der Waals surface area contributed by atoms with Crippen LogP contribution < -0.4 is 0 Å². The maximum Gasteiger partial charge on any atom is -0.0229 e. The molecular formula is C12H20. The van der Waals surface area contributed by atoms with Gasteiger partial charge in [-0.25, -0.2) is 0 Å². The number of allylic oxidation sites excluding steroid dienone is 2. The highest BCUT2D eigenvalue weighted by Crippen LogP contribution is 2.37. The second kappa shape index (κ2) is 3.64. The Balaban J connectivity index is 2.10. The van der Waals surface area contributed by atoms with Gasteiger partial charge in [-0.3, -0.25) is 0 Å². The molecular weight excluding hydrogens is 144 g/mol. The summed E-state index contributed by atoms with van der Waals surface area (Å²) < 4.78 is 0. The topological polar surface area (TPSA) is 0 Å². The van der Waals surface area contributed by atoms with Crippen molar-refractivity contribution in [1.29, 1.82) is 0 Å². The molecule has 0 aromatic carbocycles. The van der Waals surface area contributed by atoms with Gasteiger partial charge in [-0.2, -0.15) is 0 Å². The van der Waals surface area contributed by atoms with Crippen molar-refractivity contribution in [2.75, 3.05) is 0 Å². The minimum absolute atomic E-state index is 0.929. The summed E-state index contributed by atoms with van der Waals surface area (Å²) in [4.78, 5) is 0. The Hall–Kier alpha value is -0.260. The quantitative estimate of drug-likeness (QED) is 0.473. The summed E-state index contributed by atoms with van der Waals surface area (Å²) in [5.41, 5.74) is 3.71. The van der Waals surface area contributed by atoms with Crippen LogP contribution in [0.3, 0.4) is 0 Å². The molecule has 2 fully saturated rings. The summed E-state index contributed by atoms with van der Waals surface area (Å²) in [6.07, 6.45) is 11.6. The fourth-order valence-electron chi connectivity index (χ4n) is 2.84. The first-order chi connectivity index (χ1) is 5.88. The molecule has 68 valence electrons. The molecule has 0 heteroatoms. The molecule has 0 spiro atoms. The van der Waals surface area contributed by atoms with E-state index in [0.29, 0.717) is 0 Å². The van der Waals surface area contributed by atoms with Crippen LogP contribution in [-0.2, 0) is 0 Å². The minimum Gasteiger partial charge on any atom is -0.0707 e. The van der Waals surface area contributed by atoms with Gasteiger partial charge in [0.1, 0.15) is 0 Å². The minimum atomic E-state index is 0.929. The highest BCUT2D eigenvalue weighted by molar-refractivity contribution is 5.20. The van der Waals surface area contributed by atoms with Crippen LogP contribution in [0.1, 0.15) is 58.3 Å². The Morgan fingerprint density at radius 1 is 0.917 bits per heavy atom. The largest absolute Gasteiger partial charge is 0.0707 e. The first-order valence-corrected chi connectivity index (χ1v) is 5.58. The van der Waals surface area contributed by atoms with E-state index in [1.807, 2.05) is 11.1 Å². The summed E-state index contributed by atoms with van der Waals surface area (Å²) in [6.45, 7) is 2.42. The van der Waals surface area contributed by atoms with Crippen molar-refractivity contribution in [3.8, 4) is 0 Å². The van der Waals surface area contributed by atoms with E-state index in [-0.39, 0.29) is 0 Å². The van der Waals surface area contributed by atoms with Crippen LogP contribution in [0, 0.1) is 5.92 Å². The van der Waals surface area contributed by atoms with Crippen molar-refractivity contribution in [1.82, 2.24) is 0 Å². The predicted octanol–water partition coefficient (Wildman–Crippen LogP) is 4.07. The smallest absolute Gasteiger partial charge is 0.0229 e. The van der Waals surface area contributed by atoms with Crippen molar-refractivity contribution in [2.45, 2.75) is 58.3 Å². The predicted molar refractivity (Wildman–Crippen MR) is 53.1 cm³/mol. The molecule has 12 heavy (non-hydrogen) atoms. The Morgan fingerprint density at radius 2 is 1.67 bits per heavy atom. The molecule has 0 radical (unpaired) electrons. The molecule has 0 nitrogen and oxygen atoms in total. The molecule has 2 saturated carbocycles. The van der Waals surface area contributed by atoms with E-state index in [1.54, 1.807) is 0 Å². The molecule has 0 heterocycles. The van der Waals surface area contributed by atoms with Gasteiger partial charge in [0.05, 0.1) is 0 Å². The molecule has 2 aliphatic rings. The second-order valence-corrected chi connectivity index (χ2v) is 4.48. The summed E-state index contributed by atoms with van der Waals surface area (Å²) in [7, 11) is 0. The lowest BCUT2D eigenvalue weighted by Crippen LogP contribution is -2.00. The molecule has 0 saturated heterocycles. The third-order valence-electron chi connectivity index (χ3n) is 3.59. The first kappa shape index (κ1) is 8.34. The van der Waals surface area contributed by atoms with Gasteiger partial charge >= 0.3 is 0 Å². The van der Waals surface area contributed by atoms with Crippen molar-refractivity contribution in [2.24, 2.45) is 5.92 Å². The number of hydrogen-bond donors (Lipinski definition) is 0. The summed E-state index contributed by atoms with van der Waals surface area (Å²) in [6, 6.07) is 0. The molecule has 0 aromatic rings. The highest BCUT2D eigenvalue weighted by atomic mass is 14.3. The SMILES string of the molecule is CC1CCCC1=C1CCCCC1. The van der Waals surface area contributed by atoms with Crippen LogP contribution in [-0.4, -0.2) is 0 Å². The average Bonchev–Trinajstić information content (AvgIpc) is 2.53. The van der Waals surface area contributed by atoms with Crippen molar-refractivity contribution >= 4 is 0 Å². The molecule has 0 aromatic heterocycles. The standard InChI is InChI=1S/C12H20/c1-10-6-5-9-12(10)11-7-3-2-4-8-11/h10H,2-9H2,1H3. The van der Waals surface area contributed by atoms with E-state index in [1.165, 1.54) is 51.4 Å². The zero-order chi connectivity index (χ0) is 8.39. The van der Waals surface area contributed by atoms with Crippen LogP contribution in [0.2, 0.25) is 0 Å². The second-order valence-electron chi connectivity index (χ2n) is 4.48. The highest BCUT2D eigenvalue weighted by Gasteiger charge is 2.20. The molecule has 0 N–H and O–H groups in total. The molecule has 0 amide bonds. The van der Waals surface area contributed by atoms with Gasteiger partial charge in [-0.15, -0.1) is 0 Å². The molecule has 1 atom stereocenters. The van der Waals surface area contributed by atoms with Crippen LogP contribution >= 0.6 is 0 Å². The van der Waals surface area contributed by atoms with E-state index >= 15 is 0 Å². The molecule has 2 rings (SSSR count). The lowest BCUT2D eigenvalue weighted by Gasteiger charge is -2.19. The summed E-state index contributed by atoms with van der Waals surface area (Å²) in [5, 5.41) is 0. The Bertz CT molecular complexity index is 180. The Morgan fingerprint density at radius 3 is 2.25 bits per heavy atom. The maximum absolute atomic E-state index is 2.42. The zero-order valence-electron chi connectivity index (χ0n) is 8.23. The fraction of sp³-hybridized carbons (Fsp3) is 0.833. The average molecular weight is 164 g/mol. The van der Waals surface area contributed by atoms with Crippen molar-refractivity contribution in [3.63, 3.8) is 0 Å². The summed E-state index contributed by atoms with van der Waals surface area (Å²) >= 11 is 0. The van der Waals surface area contributed by atoms with E-state index in [4.69, 9.17) is 0 Å². The molecule has 0 bridgehead atoms. The van der Waals surface area contributed by atoms with Gasteiger partial charge in [0, 0.05) is 0 Å². The van der Waals surface area contributed by atoms with Gasteiger partial charge in [0.15, 0.2) is 0 Å². The van der Waals surface area contributed by atoms with Crippen LogP contribution in [0.15, 0.2) is 11.1 Å². The van der Waals surface area contributed by atoms with Crippen LogP contribution in [0.25, 0.3) is 0 Å². The number of hydrogen-bond acceptors (Lipinski definition) is 0. The van der Waals surface area contributed by atoms with Crippen molar-refractivity contribution < 1.29 is 0 Å². The Kier molecular flexibility index (Phi) is 2.53. The molecule has 0 aliphatic heterocycles. The normalized spacial score (nSPS) is 31.2. The van der Waals surface area contributed by atoms with Crippen LogP contribution in [0.5, 0.6) is 0 Å². The van der Waals surface area contributed by atoms with Gasteiger partial charge in [-0.05, 0) is 50.9 Å². The first-order valence-electron chi connectivity index (χ1n) is 5.58. The fourth-order valence-corrected chi connectivity index (χ4v) is 2.84. The van der Waals surface area contributed by atoms with Gasteiger partial charge in [-0.1, -0.05) is 24.5 Å². The molecule has 1 unspecified atom stereocenters.